The zero-order chi connectivity index (χ0) is 19.4. The molecule has 0 N–H and O–H groups in total. The first-order valence-corrected chi connectivity index (χ1v) is 9.95. The molecule has 2 aliphatic heterocycles. The Bertz CT molecular complexity index is 946. The Labute approximate surface area is 160 Å². The number of carbonyl (C=O) groups excluding carboxylic acids is 1. The van der Waals surface area contributed by atoms with Crippen molar-refractivity contribution in [1.29, 1.82) is 0 Å². The summed E-state index contributed by atoms with van der Waals surface area (Å²) in [7, 11) is 0. The molecular weight excluding hydrogens is 338 g/mol. The topological polar surface area (TPSA) is 54.7 Å². The first-order valence-electron chi connectivity index (χ1n) is 9.95. The normalized spacial score (nSPS) is 25.9. The van der Waals surface area contributed by atoms with Crippen LogP contribution in [0.4, 0.5) is 0 Å². The van der Waals surface area contributed by atoms with Crippen LogP contribution in [0.5, 0.6) is 0 Å². The van der Waals surface area contributed by atoms with E-state index >= 15 is 0 Å². The van der Waals surface area contributed by atoms with Crippen LogP contribution in [0.15, 0.2) is 29.3 Å². The Balaban J connectivity index is 1.64. The maximum Gasteiger partial charge on any atom is 0.262 e. The van der Waals surface area contributed by atoms with Crippen molar-refractivity contribution in [3.8, 4) is 0 Å². The summed E-state index contributed by atoms with van der Waals surface area (Å²) < 4.78 is 1.65. The number of hydrogen-bond acceptors (Lipinski definition) is 4. The quantitative estimate of drug-likeness (QED) is 0.835. The predicted molar refractivity (Wildman–Crippen MR) is 106 cm³/mol. The van der Waals surface area contributed by atoms with Crippen LogP contribution in [0.3, 0.4) is 0 Å². The lowest BCUT2D eigenvalue weighted by Crippen LogP contribution is -2.56. The highest BCUT2D eigenvalue weighted by Gasteiger charge is 2.47. The molecule has 5 nitrogen and oxygen atoms in total. The van der Waals surface area contributed by atoms with Gasteiger partial charge < -0.3 is 0 Å². The minimum Gasteiger partial charge on any atom is -0.299 e. The van der Waals surface area contributed by atoms with E-state index in [1.807, 2.05) is 18.3 Å². The standard InChI is InChI=1S/C22H29N3O2/c1-15(26)22-8-5-18(6-9-22)24(14-22)13-16-12-23-19-11-17(21(2,3)4)7-10-25(19)20(16)27/h7,10-12,18H,5-6,8-9,13-14H2,1-4H3. The Hall–Kier alpha value is -2.01. The fourth-order valence-corrected chi connectivity index (χ4v) is 4.75. The molecule has 4 heterocycles. The summed E-state index contributed by atoms with van der Waals surface area (Å²) in [5.41, 5.74) is 2.39. The Morgan fingerprint density at radius 2 is 2.00 bits per heavy atom. The molecule has 0 aromatic carbocycles. The van der Waals surface area contributed by atoms with Crippen molar-refractivity contribution in [3.63, 3.8) is 0 Å². The average molecular weight is 367 g/mol. The van der Waals surface area contributed by atoms with E-state index in [0.29, 0.717) is 29.6 Å². The molecule has 0 amide bonds. The average Bonchev–Trinajstić information content (AvgIpc) is 2.64. The first kappa shape index (κ1) is 18.4. The van der Waals surface area contributed by atoms with Crippen molar-refractivity contribution >= 4 is 11.4 Å². The van der Waals surface area contributed by atoms with Crippen molar-refractivity contribution in [2.24, 2.45) is 5.41 Å². The monoisotopic (exact) mass is 367 g/mol. The smallest absolute Gasteiger partial charge is 0.262 e. The van der Waals surface area contributed by atoms with Gasteiger partial charge in [-0.3, -0.25) is 18.9 Å². The summed E-state index contributed by atoms with van der Waals surface area (Å²) in [6.45, 7) is 9.54. The van der Waals surface area contributed by atoms with Crippen LogP contribution in [0, 0.1) is 5.41 Å². The van der Waals surface area contributed by atoms with E-state index in [1.54, 1.807) is 17.5 Å². The van der Waals surface area contributed by atoms with Crippen LogP contribution in [0.1, 0.15) is 64.5 Å². The molecule has 1 saturated carbocycles. The van der Waals surface area contributed by atoms with Gasteiger partial charge in [0.15, 0.2) is 0 Å². The number of hydrogen-bond donors (Lipinski definition) is 0. The number of fused-ring (bicyclic) bond motifs is 4. The van der Waals surface area contributed by atoms with Crippen molar-refractivity contribution in [2.75, 3.05) is 6.54 Å². The molecule has 3 fully saturated rings. The molecule has 2 bridgehead atoms. The lowest BCUT2D eigenvalue weighted by atomic mass is 9.65. The maximum absolute atomic E-state index is 13.0. The predicted octanol–water partition coefficient (Wildman–Crippen LogP) is 3.33. The molecule has 2 saturated heterocycles. The fourth-order valence-electron chi connectivity index (χ4n) is 4.75. The highest BCUT2D eigenvalue weighted by molar-refractivity contribution is 5.83. The highest BCUT2D eigenvalue weighted by atomic mass is 16.1. The molecule has 2 aromatic heterocycles. The summed E-state index contributed by atoms with van der Waals surface area (Å²) in [6.07, 6.45) is 7.66. The van der Waals surface area contributed by atoms with Gasteiger partial charge in [-0.15, -0.1) is 0 Å². The first-order chi connectivity index (χ1) is 12.7. The second-order valence-electron chi connectivity index (χ2n) is 9.45. The molecule has 3 aliphatic rings. The molecule has 0 atom stereocenters. The summed E-state index contributed by atoms with van der Waals surface area (Å²) in [4.78, 5) is 32.1. The van der Waals surface area contributed by atoms with Gasteiger partial charge in [0.2, 0.25) is 0 Å². The minimum atomic E-state index is -0.198. The highest BCUT2D eigenvalue weighted by Crippen LogP contribution is 2.45. The molecule has 1 aliphatic carbocycles. The second kappa shape index (κ2) is 6.26. The zero-order valence-electron chi connectivity index (χ0n) is 16.8. The van der Waals surface area contributed by atoms with E-state index in [0.717, 1.165) is 32.2 Å². The van der Waals surface area contributed by atoms with E-state index in [1.165, 1.54) is 5.56 Å². The van der Waals surface area contributed by atoms with Crippen LogP contribution in [-0.4, -0.2) is 32.7 Å². The van der Waals surface area contributed by atoms with Gasteiger partial charge in [-0.25, -0.2) is 4.98 Å². The number of nitrogens with zero attached hydrogens (tertiary/aromatic N) is 3. The van der Waals surface area contributed by atoms with Crippen molar-refractivity contribution < 1.29 is 4.79 Å². The molecule has 2 aromatic rings. The molecule has 5 heteroatoms. The van der Waals surface area contributed by atoms with E-state index in [2.05, 4.69) is 30.7 Å². The van der Waals surface area contributed by atoms with Gasteiger partial charge in [0, 0.05) is 36.9 Å². The molecule has 144 valence electrons. The van der Waals surface area contributed by atoms with Gasteiger partial charge >= 0.3 is 0 Å². The van der Waals surface area contributed by atoms with E-state index < -0.39 is 0 Å². The molecule has 5 rings (SSSR count). The number of rotatable bonds is 3. The van der Waals surface area contributed by atoms with Crippen molar-refractivity contribution in [2.45, 2.75) is 71.4 Å². The Morgan fingerprint density at radius 3 is 2.63 bits per heavy atom. The number of Topliss-reactive ketones (excluding diaryl/α,β-unsaturated/α-hetero) is 1. The largest absolute Gasteiger partial charge is 0.299 e. The van der Waals surface area contributed by atoms with E-state index in [4.69, 9.17) is 0 Å². The summed E-state index contributed by atoms with van der Waals surface area (Å²) in [5.74, 6) is 0.300. The molecule has 0 unspecified atom stereocenters. The summed E-state index contributed by atoms with van der Waals surface area (Å²) in [5, 5.41) is 0. The third-order valence-electron chi connectivity index (χ3n) is 6.70. The second-order valence-corrected chi connectivity index (χ2v) is 9.45. The van der Waals surface area contributed by atoms with Crippen molar-refractivity contribution in [3.05, 3.63) is 46.0 Å². The van der Waals surface area contributed by atoms with E-state index in [9.17, 15) is 9.59 Å². The lowest BCUT2D eigenvalue weighted by Gasteiger charge is -2.51. The number of pyridine rings is 1. The van der Waals surface area contributed by atoms with Gasteiger partial charge in [0.05, 0.1) is 5.56 Å². The van der Waals surface area contributed by atoms with Crippen molar-refractivity contribution in [1.82, 2.24) is 14.3 Å². The third kappa shape index (κ3) is 3.12. The molecule has 27 heavy (non-hydrogen) atoms. The van der Waals surface area contributed by atoms with E-state index in [-0.39, 0.29) is 16.4 Å². The summed E-state index contributed by atoms with van der Waals surface area (Å²) >= 11 is 0. The number of ketones is 1. The van der Waals surface area contributed by atoms with Crippen LogP contribution in [-0.2, 0) is 16.8 Å². The van der Waals surface area contributed by atoms with Crippen LogP contribution < -0.4 is 5.56 Å². The van der Waals surface area contributed by atoms with Gasteiger partial charge in [-0.05, 0) is 55.7 Å². The van der Waals surface area contributed by atoms with Crippen LogP contribution in [0.25, 0.3) is 5.65 Å². The molecule has 0 spiro atoms. The van der Waals surface area contributed by atoms with Gasteiger partial charge in [-0.1, -0.05) is 20.8 Å². The SMILES string of the molecule is CC(=O)C12CCC(CC1)N(Cc1cnc3cc(C(C)(C)C)ccn3c1=O)C2. The van der Waals surface area contributed by atoms with Crippen LogP contribution in [0.2, 0.25) is 0 Å². The minimum absolute atomic E-state index is 0.00113. The summed E-state index contributed by atoms with van der Waals surface area (Å²) in [6, 6.07) is 4.49. The number of aromatic nitrogens is 2. The van der Waals surface area contributed by atoms with Gasteiger partial charge in [0.1, 0.15) is 11.4 Å². The fraction of sp³-hybridized carbons (Fsp3) is 0.591. The molecular formula is C22H29N3O2. The Morgan fingerprint density at radius 1 is 1.30 bits per heavy atom. The number of piperidine rings is 2. The number of carbonyl (C=O) groups is 1. The zero-order valence-corrected chi connectivity index (χ0v) is 16.8. The molecule has 0 radical (unpaired) electrons. The van der Waals surface area contributed by atoms with Gasteiger partial charge in [0.25, 0.3) is 5.56 Å². The Kier molecular flexibility index (Phi) is 4.26. The van der Waals surface area contributed by atoms with Crippen LogP contribution >= 0.6 is 0 Å². The lowest BCUT2D eigenvalue weighted by molar-refractivity contribution is -0.136. The van der Waals surface area contributed by atoms with Gasteiger partial charge in [-0.2, -0.15) is 0 Å². The maximum atomic E-state index is 13.0. The third-order valence-corrected chi connectivity index (χ3v) is 6.70.